The van der Waals surface area contributed by atoms with Crippen LogP contribution in [0, 0.1) is 6.92 Å². The van der Waals surface area contributed by atoms with E-state index in [0.29, 0.717) is 17.0 Å². The quantitative estimate of drug-likeness (QED) is 0.705. The topological polar surface area (TPSA) is 59.7 Å². The number of aryl methyl sites for hydroxylation is 1. The van der Waals surface area contributed by atoms with Gasteiger partial charge in [0.2, 0.25) is 5.88 Å². The van der Waals surface area contributed by atoms with Gasteiger partial charge in [-0.2, -0.15) is 13.2 Å². The minimum absolute atomic E-state index is 0.187. The molecule has 3 aromatic rings. The fraction of sp³-hybridized carbons (Fsp3) is 0.278. The molecule has 27 heavy (non-hydrogen) atoms. The smallest absolute Gasteiger partial charge is 0.421 e. The Kier molecular flexibility index (Phi) is 4.01. The molecule has 1 aliphatic heterocycles. The Balaban J connectivity index is 1.47. The number of amides is 1. The number of likely N-dealkylation sites (tertiary alicyclic amines) is 1. The van der Waals surface area contributed by atoms with Crippen molar-refractivity contribution in [3.8, 4) is 5.88 Å². The monoisotopic (exact) mass is 376 g/mol. The Hall–Kier alpha value is -3.10. The maximum Gasteiger partial charge on any atom is 0.421 e. The first kappa shape index (κ1) is 17.3. The molecule has 0 spiro atoms. The van der Waals surface area contributed by atoms with Crippen LogP contribution in [0.15, 0.2) is 42.7 Å². The van der Waals surface area contributed by atoms with E-state index in [1.165, 1.54) is 17.2 Å². The fourth-order valence-electron chi connectivity index (χ4n) is 3.06. The third kappa shape index (κ3) is 3.09. The molecule has 1 saturated heterocycles. The Labute approximate surface area is 152 Å². The highest BCUT2D eigenvalue weighted by atomic mass is 19.4. The number of ether oxygens (including phenoxy) is 1. The van der Waals surface area contributed by atoms with Crippen LogP contribution in [0.5, 0.6) is 5.88 Å². The first-order valence-electron chi connectivity index (χ1n) is 8.26. The molecule has 4 rings (SSSR count). The van der Waals surface area contributed by atoms with Gasteiger partial charge in [-0.1, -0.05) is 6.07 Å². The summed E-state index contributed by atoms with van der Waals surface area (Å²) in [6.45, 7) is 2.12. The van der Waals surface area contributed by atoms with Crippen molar-refractivity contribution in [2.45, 2.75) is 19.2 Å². The van der Waals surface area contributed by atoms with Crippen molar-refractivity contribution < 1.29 is 22.7 Å². The molecule has 0 saturated carbocycles. The molecule has 0 bridgehead atoms. The minimum Gasteiger partial charge on any atom is -0.470 e. The van der Waals surface area contributed by atoms with Crippen LogP contribution in [-0.2, 0) is 6.18 Å². The number of hydrogen-bond donors (Lipinski definition) is 0. The molecule has 4 heterocycles. The summed E-state index contributed by atoms with van der Waals surface area (Å²) in [5.74, 6) is -0.698. The molecule has 0 N–H and O–H groups in total. The maximum absolute atomic E-state index is 13.0. The van der Waals surface area contributed by atoms with Crippen molar-refractivity contribution in [3.05, 3.63) is 59.7 Å². The highest BCUT2D eigenvalue weighted by Gasteiger charge is 2.39. The number of carbonyl (C=O) groups excluding carboxylic acids is 1. The zero-order valence-corrected chi connectivity index (χ0v) is 14.3. The molecule has 140 valence electrons. The average molecular weight is 376 g/mol. The molecular weight excluding hydrogens is 361 g/mol. The Morgan fingerprint density at radius 2 is 2.00 bits per heavy atom. The third-order valence-corrected chi connectivity index (χ3v) is 4.40. The number of nitrogens with zero attached hydrogens (tertiary/aromatic N) is 4. The van der Waals surface area contributed by atoms with Crippen molar-refractivity contribution in [3.63, 3.8) is 0 Å². The Bertz CT molecular complexity index is 1010. The van der Waals surface area contributed by atoms with Crippen LogP contribution < -0.4 is 4.74 Å². The summed E-state index contributed by atoms with van der Waals surface area (Å²) in [4.78, 5) is 22.3. The van der Waals surface area contributed by atoms with Crippen LogP contribution in [0.25, 0.3) is 5.65 Å². The summed E-state index contributed by atoms with van der Waals surface area (Å²) in [6.07, 6.45) is -2.09. The molecule has 0 atom stereocenters. The van der Waals surface area contributed by atoms with E-state index >= 15 is 0 Å². The van der Waals surface area contributed by atoms with Gasteiger partial charge in [-0.05, 0) is 31.2 Å². The summed E-state index contributed by atoms with van der Waals surface area (Å²) in [6, 6.07) is 7.55. The Morgan fingerprint density at radius 1 is 1.22 bits per heavy atom. The molecule has 1 aliphatic rings. The molecule has 3 aromatic heterocycles. The lowest BCUT2D eigenvalue weighted by molar-refractivity contribution is -0.140. The fourth-order valence-corrected chi connectivity index (χ4v) is 3.06. The van der Waals surface area contributed by atoms with Gasteiger partial charge in [-0.3, -0.25) is 9.20 Å². The average Bonchev–Trinajstić information content (AvgIpc) is 2.92. The zero-order valence-electron chi connectivity index (χ0n) is 14.3. The predicted octanol–water partition coefficient (Wildman–Crippen LogP) is 2.96. The van der Waals surface area contributed by atoms with Crippen molar-refractivity contribution in [1.82, 2.24) is 19.3 Å². The number of alkyl halides is 3. The van der Waals surface area contributed by atoms with Crippen LogP contribution in [0.4, 0.5) is 13.2 Å². The molecule has 1 amide bonds. The summed E-state index contributed by atoms with van der Waals surface area (Å²) < 4.78 is 46.1. The minimum atomic E-state index is -4.55. The van der Waals surface area contributed by atoms with Crippen molar-refractivity contribution >= 4 is 11.6 Å². The SMILES string of the molecule is Cc1nc2ccccn2c1C(=O)N1CC(Oc2ncccc2C(F)(F)F)C1. The number of imidazole rings is 1. The summed E-state index contributed by atoms with van der Waals surface area (Å²) in [7, 11) is 0. The second-order valence-corrected chi connectivity index (χ2v) is 6.28. The first-order chi connectivity index (χ1) is 12.8. The third-order valence-electron chi connectivity index (χ3n) is 4.40. The van der Waals surface area contributed by atoms with E-state index < -0.39 is 23.7 Å². The van der Waals surface area contributed by atoms with Crippen LogP contribution >= 0.6 is 0 Å². The van der Waals surface area contributed by atoms with E-state index in [9.17, 15) is 18.0 Å². The molecule has 0 aliphatic carbocycles. The number of carbonyl (C=O) groups is 1. The van der Waals surface area contributed by atoms with Crippen molar-refractivity contribution in [2.24, 2.45) is 0 Å². The zero-order chi connectivity index (χ0) is 19.2. The van der Waals surface area contributed by atoms with Gasteiger partial charge in [0, 0.05) is 12.4 Å². The highest BCUT2D eigenvalue weighted by molar-refractivity contribution is 5.95. The normalized spacial score (nSPS) is 15.0. The van der Waals surface area contributed by atoms with Gasteiger partial charge in [0.05, 0.1) is 18.8 Å². The van der Waals surface area contributed by atoms with Crippen LogP contribution in [0.1, 0.15) is 21.7 Å². The molecule has 0 radical (unpaired) electrons. The van der Waals surface area contributed by atoms with E-state index in [1.54, 1.807) is 29.7 Å². The molecule has 0 unspecified atom stereocenters. The summed E-state index contributed by atoms with van der Waals surface area (Å²) in [5.41, 5.74) is 0.778. The van der Waals surface area contributed by atoms with Gasteiger partial charge in [-0.15, -0.1) is 0 Å². The number of rotatable bonds is 3. The molecule has 1 fully saturated rings. The van der Waals surface area contributed by atoms with Gasteiger partial charge in [0.15, 0.2) is 0 Å². The lowest BCUT2D eigenvalue weighted by atomic mass is 10.1. The lowest BCUT2D eigenvalue weighted by Gasteiger charge is -2.38. The van der Waals surface area contributed by atoms with Crippen LogP contribution in [0.3, 0.4) is 0 Å². The molecule has 6 nitrogen and oxygen atoms in total. The largest absolute Gasteiger partial charge is 0.470 e. The van der Waals surface area contributed by atoms with Crippen molar-refractivity contribution in [1.29, 1.82) is 0 Å². The van der Waals surface area contributed by atoms with E-state index in [-0.39, 0.29) is 19.0 Å². The number of hydrogen-bond acceptors (Lipinski definition) is 4. The van der Waals surface area contributed by atoms with Crippen LogP contribution in [0.2, 0.25) is 0 Å². The lowest BCUT2D eigenvalue weighted by Crippen LogP contribution is -2.56. The first-order valence-corrected chi connectivity index (χ1v) is 8.26. The Morgan fingerprint density at radius 3 is 2.74 bits per heavy atom. The van der Waals surface area contributed by atoms with Crippen LogP contribution in [-0.4, -0.2) is 44.4 Å². The number of pyridine rings is 2. The molecule has 9 heteroatoms. The van der Waals surface area contributed by atoms with E-state index in [2.05, 4.69) is 9.97 Å². The summed E-state index contributed by atoms with van der Waals surface area (Å²) >= 11 is 0. The van der Waals surface area contributed by atoms with Gasteiger partial charge in [0.25, 0.3) is 5.91 Å². The van der Waals surface area contributed by atoms with Gasteiger partial charge in [0.1, 0.15) is 23.0 Å². The predicted molar refractivity (Wildman–Crippen MR) is 89.5 cm³/mol. The number of aromatic nitrogens is 3. The standard InChI is InChI=1S/C18H15F3N4O2/c1-11-15(25-8-3-2-6-14(25)23-11)17(26)24-9-12(10-24)27-16-13(18(19,20)21)5-4-7-22-16/h2-8,12H,9-10H2,1H3. The van der Waals surface area contributed by atoms with Gasteiger partial charge >= 0.3 is 6.18 Å². The highest BCUT2D eigenvalue weighted by Crippen LogP contribution is 2.35. The summed E-state index contributed by atoms with van der Waals surface area (Å²) in [5, 5.41) is 0. The van der Waals surface area contributed by atoms with Crippen molar-refractivity contribution in [2.75, 3.05) is 13.1 Å². The second kappa shape index (κ2) is 6.26. The second-order valence-electron chi connectivity index (χ2n) is 6.28. The maximum atomic E-state index is 13.0. The van der Waals surface area contributed by atoms with E-state index in [1.807, 2.05) is 6.07 Å². The van der Waals surface area contributed by atoms with Gasteiger partial charge in [-0.25, -0.2) is 9.97 Å². The van der Waals surface area contributed by atoms with E-state index in [4.69, 9.17) is 4.74 Å². The number of halogens is 3. The molecular formula is C18H15F3N4O2. The number of fused-ring (bicyclic) bond motifs is 1. The molecule has 0 aromatic carbocycles. The van der Waals surface area contributed by atoms with E-state index in [0.717, 1.165) is 6.07 Å². The van der Waals surface area contributed by atoms with Gasteiger partial charge < -0.3 is 9.64 Å².